The van der Waals surface area contributed by atoms with Gasteiger partial charge in [-0.2, -0.15) is 0 Å². The minimum atomic E-state index is 0.109. The normalized spacial score (nSPS) is 14.1. The molecule has 1 atom stereocenters. The third-order valence-electron chi connectivity index (χ3n) is 14.4. The highest BCUT2D eigenvalue weighted by Crippen LogP contribution is 2.46. The van der Waals surface area contributed by atoms with Crippen LogP contribution in [0.15, 0.2) is 289 Å². The Balaban J connectivity index is 0.934. The van der Waals surface area contributed by atoms with E-state index in [9.17, 15) is 0 Å². The predicted molar refractivity (Wildman–Crippen MR) is 307 cm³/mol. The SMILES string of the molecule is C1=CC2=C(C=CCC2N(c2ccc(N(c3ccccc3)c3ccccc3)cc2)c2ccc3oc4ccc(N(c5ccc(N(c6ccccc6)c6ccccc6)cc5)c5cccc6ccccc56)cc4c3c2)CC1. The van der Waals surface area contributed by atoms with Crippen molar-refractivity contribution < 1.29 is 4.42 Å². The Labute approximate surface area is 426 Å². The fourth-order valence-corrected chi connectivity index (χ4v) is 11.0. The molecular formula is C68H52N4O. The second kappa shape index (κ2) is 19.1. The Morgan fingerprint density at radius 1 is 0.342 bits per heavy atom. The first kappa shape index (κ1) is 43.7. The first-order valence-electron chi connectivity index (χ1n) is 25.3. The van der Waals surface area contributed by atoms with E-state index in [0.29, 0.717) is 0 Å². The first-order chi connectivity index (χ1) is 36.2. The largest absolute Gasteiger partial charge is 0.456 e. The summed E-state index contributed by atoms with van der Waals surface area (Å²) < 4.78 is 6.71. The molecule has 350 valence electrons. The van der Waals surface area contributed by atoms with E-state index in [0.717, 1.165) is 104 Å². The molecule has 1 unspecified atom stereocenters. The minimum Gasteiger partial charge on any atom is -0.456 e. The van der Waals surface area contributed by atoms with Gasteiger partial charge in [-0.15, -0.1) is 0 Å². The Kier molecular flexibility index (Phi) is 11.4. The van der Waals surface area contributed by atoms with Crippen LogP contribution in [-0.2, 0) is 0 Å². The zero-order valence-electron chi connectivity index (χ0n) is 40.4. The van der Waals surface area contributed by atoms with Crippen molar-refractivity contribution in [1.29, 1.82) is 0 Å². The summed E-state index contributed by atoms with van der Waals surface area (Å²) in [4.78, 5) is 9.57. The van der Waals surface area contributed by atoms with Gasteiger partial charge in [-0.05, 0) is 175 Å². The molecule has 0 saturated carbocycles. The van der Waals surface area contributed by atoms with Crippen molar-refractivity contribution in [2.45, 2.75) is 25.3 Å². The smallest absolute Gasteiger partial charge is 0.135 e. The maximum absolute atomic E-state index is 6.71. The van der Waals surface area contributed by atoms with E-state index >= 15 is 0 Å². The van der Waals surface area contributed by atoms with Crippen LogP contribution in [0, 0.1) is 0 Å². The lowest BCUT2D eigenvalue weighted by molar-refractivity contribution is 0.668. The van der Waals surface area contributed by atoms with E-state index in [4.69, 9.17) is 4.42 Å². The highest BCUT2D eigenvalue weighted by molar-refractivity contribution is 6.09. The topological polar surface area (TPSA) is 26.1 Å². The van der Waals surface area contributed by atoms with Crippen LogP contribution in [0.1, 0.15) is 19.3 Å². The number of allylic oxidation sites excluding steroid dienone is 3. The molecule has 0 saturated heterocycles. The summed E-state index contributed by atoms with van der Waals surface area (Å²) >= 11 is 0. The standard InChI is InChI=1S/C68H52N4O/c1-5-23-51(24-6-1)69(52-25-7-2-8-26-52)55-35-39-57(40-36-55)71(65-33-17-21-49-19-13-15-31-61(49)65)59-43-45-67-63(47-59)64-48-60(44-46-68(64)73-67)72(66-34-18-22-50-20-14-16-32-62(50)66)58-41-37-56(38-42-58)70(53-27-9-3-10-28-53)54-29-11-4-12-30-54/h1-13,15-19,21-33,35-48,66H,14,20,34H2. The molecule has 0 fully saturated rings. The summed E-state index contributed by atoms with van der Waals surface area (Å²) in [6.07, 6.45) is 12.4. The minimum absolute atomic E-state index is 0.109. The van der Waals surface area contributed by atoms with Gasteiger partial charge in [-0.25, -0.2) is 0 Å². The summed E-state index contributed by atoms with van der Waals surface area (Å²) in [7, 11) is 0. The van der Waals surface area contributed by atoms with Crippen LogP contribution in [0.25, 0.3) is 32.7 Å². The Bertz CT molecular complexity index is 3740. The zero-order valence-corrected chi connectivity index (χ0v) is 40.4. The molecule has 1 aromatic heterocycles. The summed E-state index contributed by atoms with van der Waals surface area (Å²) in [6, 6.07) is 89.2. The van der Waals surface area contributed by atoms with Crippen LogP contribution in [0.2, 0.25) is 0 Å². The average Bonchev–Trinajstić information content (AvgIpc) is 3.83. The third-order valence-corrected chi connectivity index (χ3v) is 14.4. The van der Waals surface area contributed by atoms with Crippen LogP contribution in [0.3, 0.4) is 0 Å². The number of rotatable bonds is 12. The van der Waals surface area contributed by atoms with Gasteiger partial charge in [0.25, 0.3) is 0 Å². The van der Waals surface area contributed by atoms with E-state index in [2.05, 4.69) is 293 Å². The van der Waals surface area contributed by atoms with E-state index in [1.165, 1.54) is 21.9 Å². The lowest BCUT2D eigenvalue weighted by Crippen LogP contribution is -2.34. The highest BCUT2D eigenvalue weighted by atomic mass is 16.3. The molecule has 2 aliphatic carbocycles. The number of nitrogens with zero attached hydrogens (tertiary/aromatic N) is 4. The van der Waals surface area contributed by atoms with E-state index in [-0.39, 0.29) is 6.04 Å². The summed E-state index contributed by atoms with van der Waals surface area (Å²) in [5.74, 6) is 0. The Morgan fingerprint density at radius 2 is 0.795 bits per heavy atom. The number of benzene rings is 10. The monoisotopic (exact) mass is 940 g/mol. The number of hydrogen-bond acceptors (Lipinski definition) is 5. The lowest BCUT2D eigenvalue weighted by atomic mass is 9.85. The molecule has 1 heterocycles. The number of furan rings is 1. The van der Waals surface area contributed by atoms with Gasteiger partial charge in [0.2, 0.25) is 0 Å². The van der Waals surface area contributed by atoms with Crippen LogP contribution in [-0.4, -0.2) is 6.04 Å². The van der Waals surface area contributed by atoms with E-state index < -0.39 is 0 Å². The molecule has 0 radical (unpaired) electrons. The van der Waals surface area contributed by atoms with Gasteiger partial charge in [-0.1, -0.05) is 133 Å². The van der Waals surface area contributed by atoms with Crippen LogP contribution in [0.5, 0.6) is 0 Å². The molecule has 0 spiro atoms. The van der Waals surface area contributed by atoms with Crippen molar-refractivity contribution in [2.24, 2.45) is 0 Å². The fourth-order valence-electron chi connectivity index (χ4n) is 11.0. The molecule has 0 N–H and O–H groups in total. The number of hydrogen-bond donors (Lipinski definition) is 0. The van der Waals surface area contributed by atoms with Crippen molar-refractivity contribution >= 4 is 95.3 Å². The molecular weight excluding hydrogens is 889 g/mol. The van der Waals surface area contributed by atoms with Crippen LogP contribution in [0.4, 0.5) is 62.6 Å². The first-order valence-corrected chi connectivity index (χ1v) is 25.3. The van der Waals surface area contributed by atoms with Gasteiger partial charge in [0, 0.05) is 73.0 Å². The van der Waals surface area contributed by atoms with Crippen LogP contribution >= 0.6 is 0 Å². The van der Waals surface area contributed by atoms with Crippen molar-refractivity contribution in [1.82, 2.24) is 0 Å². The average molecular weight is 941 g/mol. The highest BCUT2D eigenvalue weighted by Gasteiger charge is 2.29. The molecule has 0 amide bonds. The zero-order chi connectivity index (χ0) is 48.5. The Hall–Kier alpha value is -9.32. The third kappa shape index (κ3) is 8.31. The molecule has 13 rings (SSSR count). The van der Waals surface area contributed by atoms with Crippen molar-refractivity contribution in [2.75, 3.05) is 19.6 Å². The van der Waals surface area contributed by atoms with Gasteiger partial charge in [0.15, 0.2) is 0 Å². The maximum atomic E-state index is 6.71. The molecule has 2 aliphatic rings. The molecule has 10 aromatic carbocycles. The van der Waals surface area contributed by atoms with Gasteiger partial charge in [0.1, 0.15) is 11.2 Å². The van der Waals surface area contributed by atoms with Crippen molar-refractivity contribution in [3.05, 3.63) is 284 Å². The van der Waals surface area contributed by atoms with Gasteiger partial charge in [0.05, 0.1) is 11.7 Å². The van der Waals surface area contributed by atoms with E-state index in [1.807, 2.05) is 0 Å². The van der Waals surface area contributed by atoms with Gasteiger partial charge in [-0.3, -0.25) is 0 Å². The summed E-state index contributed by atoms with van der Waals surface area (Å²) in [5.41, 5.74) is 16.6. The second-order valence-electron chi connectivity index (χ2n) is 18.8. The van der Waals surface area contributed by atoms with Crippen LogP contribution < -0.4 is 19.6 Å². The predicted octanol–water partition coefficient (Wildman–Crippen LogP) is 19.3. The van der Waals surface area contributed by atoms with E-state index in [1.54, 1.807) is 0 Å². The molecule has 11 aromatic rings. The van der Waals surface area contributed by atoms with Crippen molar-refractivity contribution in [3.63, 3.8) is 0 Å². The Morgan fingerprint density at radius 3 is 1.37 bits per heavy atom. The molecule has 5 heteroatoms. The second-order valence-corrected chi connectivity index (χ2v) is 18.8. The quantitative estimate of drug-likeness (QED) is 0.122. The number of para-hydroxylation sites is 4. The lowest BCUT2D eigenvalue weighted by Gasteiger charge is -2.38. The molecule has 0 bridgehead atoms. The molecule has 0 aliphatic heterocycles. The number of fused-ring (bicyclic) bond motifs is 4. The summed E-state index contributed by atoms with van der Waals surface area (Å²) in [5, 5.41) is 4.50. The van der Waals surface area contributed by atoms with Gasteiger partial charge >= 0.3 is 0 Å². The molecule has 5 nitrogen and oxygen atoms in total. The number of anilines is 11. The van der Waals surface area contributed by atoms with Gasteiger partial charge < -0.3 is 24.0 Å². The van der Waals surface area contributed by atoms with Crippen molar-refractivity contribution in [3.8, 4) is 0 Å². The molecule has 73 heavy (non-hydrogen) atoms. The fraction of sp³-hybridized carbons (Fsp3) is 0.0588. The maximum Gasteiger partial charge on any atom is 0.135 e. The summed E-state index contributed by atoms with van der Waals surface area (Å²) in [6.45, 7) is 0.